The molecule has 0 saturated heterocycles. The third-order valence-electron chi connectivity index (χ3n) is 2.57. The van der Waals surface area contributed by atoms with Crippen LogP contribution in [-0.2, 0) is 9.53 Å². The fourth-order valence-corrected chi connectivity index (χ4v) is 1.55. The number of rotatable bonds is 4. The Morgan fingerprint density at radius 1 is 1.08 bits per heavy atom. The first-order chi connectivity index (χ1) is 10.8. The maximum Gasteiger partial charge on any atom is 0.460 e. The summed E-state index contributed by atoms with van der Waals surface area (Å²) in [4.78, 5) is 11.0. The van der Waals surface area contributed by atoms with Crippen LogP contribution in [0.4, 0.5) is 30.7 Å². The van der Waals surface area contributed by atoms with Crippen LogP contribution in [0, 0.1) is 11.3 Å². The third kappa shape index (κ3) is 3.87. The van der Waals surface area contributed by atoms with Gasteiger partial charge >= 0.3 is 24.0 Å². The molecule has 130 valence electrons. The van der Waals surface area contributed by atoms with Gasteiger partial charge < -0.3 is 4.74 Å². The summed E-state index contributed by atoms with van der Waals surface area (Å²) in [5.41, 5.74) is -0.485. The van der Waals surface area contributed by atoms with Gasteiger partial charge in [-0.15, -0.1) is 0 Å². The van der Waals surface area contributed by atoms with E-state index in [1.807, 2.05) is 0 Å². The van der Waals surface area contributed by atoms with E-state index in [0.29, 0.717) is 4.47 Å². The molecule has 0 unspecified atom stereocenters. The van der Waals surface area contributed by atoms with E-state index in [-0.39, 0.29) is 11.8 Å². The second kappa shape index (κ2) is 6.80. The zero-order valence-electron chi connectivity index (χ0n) is 11.2. The number of esters is 1. The van der Waals surface area contributed by atoms with Crippen molar-refractivity contribution in [3.63, 3.8) is 0 Å². The molecular formula is C13H5BrF7NO2. The zero-order chi connectivity index (χ0) is 18.8. The largest absolute Gasteiger partial charge is 0.460 e. The third-order valence-corrected chi connectivity index (χ3v) is 3.09. The van der Waals surface area contributed by atoms with Crippen molar-refractivity contribution in [3.8, 4) is 6.07 Å². The molecule has 0 fully saturated rings. The number of hydrogen-bond acceptors (Lipinski definition) is 3. The van der Waals surface area contributed by atoms with Crippen molar-refractivity contribution in [1.29, 1.82) is 5.26 Å². The molecule has 1 aromatic rings. The Bertz CT molecular complexity index is 690. The first-order valence-corrected chi connectivity index (χ1v) is 6.53. The number of allylic oxidation sites excluding steroid dienone is 1. The molecule has 3 nitrogen and oxygen atoms in total. The molecule has 1 aromatic carbocycles. The molecule has 0 aliphatic heterocycles. The Kier molecular flexibility index (Phi) is 5.66. The predicted molar refractivity (Wildman–Crippen MR) is 69.8 cm³/mol. The number of carbonyl (C=O) groups is 1. The minimum atomic E-state index is -6.66. The van der Waals surface area contributed by atoms with E-state index in [9.17, 15) is 35.5 Å². The van der Waals surface area contributed by atoms with Crippen LogP contribution in [0.1, 0.15) is 5.56 Å². The number of nitrogens with zero attached hydrogens (tertiary/aromatic N) is 1. The minimum absolute atomic E-state index is 0.0550. The average molecular weight is 420 g/mol. The molecule has 0 bridgehead atoms. The van der Waals surface area contributed by atoms with Gasteiger partial charge in [0.25, 0.3) is 0 Å². The average Bonchev–Trinajstić information content (AvgIpc) is 2.47. The Morgan fingerprint density at radius 3 is 2.00 bits per heavy atom. The Hall–Kier alpha value is -2.09. The lowest BCUT2D eigenvalue weighted by atomic mass is 10.1. The lowest BCUT2D eigenvalue weighted by molar-refractivity contribution is -0.347. The lowest BCUT2D eigenvalue weighted by Crippen LogP contribution is -2.56. The van der Waals surface area contributed by atoms with Gasteiger partial charge in [0.05, 0.1) is 5.57 Å². The first kappa shape index (κ1) is 20.0. The number of alkyl halides is 7. The zero-order valence-corrected chi connectivity index (χ0v) is 12.8. The summed E-state index contributed by atoms with van der Waals surface area (Å²) in [5, 5.41) is 8.82. The van der Waals surface area contributed by atoms with Crippen LogP contribution in [-0.4, -0.2) is 24.0 Å². The molecule has 0 heterocycles. The number of halogens is 8. The highest BCUT2D eigenvalue weighted by Gasteiger charge is 2.77. The molecule has 0 aliphatic carbocycles. The number of carbonyl (C=O) groups excluding carboxylic acids is 1. The van der Waals surface area contributed by atoms with Crippen LogP contribution in [0.2, 0.25) is 0 Å². The fourth-order valence-electron chi connectivity index (χ4n) is 1.28. The van der Waals surface area contributed by atoms with Gasteiger partial charge in [-0.2, -0.15) is 36.0 Å². The van der Waals surface area contributed by atoms with E-state index in [0.717, 1.165) is 0 Å². The van der Waals surface area contributed by atoms with E-state index >= 15 is 0 Å². The van der Waals surface area contributed by atoms with Gasteiger partial charge in [0.2, 0.25) is 0 Å². The summed E-state index contributed by atoms with van der Waals surface area (Å²) in [6.45, 7) is 0. The van der Waals surface area contributed by atoms with Crippen molar-refractivity contribution in [3.05, 3.63) is 40.6 Å². The van der Waals surface area contributed by atoms with Crippen molar-refractivity contribution >= 4 is 27.5 Å². The van der Waals surface area contributed by atoms with Gasteiger partial charge in [0.15, 0.2) is 0 Å². The number of benzene rings is 1. The summed E-state index contributed by atoms with van der Waals surface area (Å²) in [5.74, 6) is -15.9. The Balaban J connectivity index is 3.05. The monoisotopic (exact) mass is 419 g/mol. The molecule has 0 amide bonds. The minimum Gasteiger partial charge on any atom is -0.428 e. The van der Waals surface area contributed by atoms with Crippen LogP contribution in [0.15, 0.2) is 35.0 Å². The number of hydrogen-bond donors (Lipinski definition) is 0. The highest BCUT2D eigenvalue weighted by molar-refractivity contribution is 9.10. The highest BCUT2D eigenvalue weighted by Crippen LogP contribution is 2.47. The summed E-state index contributed by atoms with van der Waals surface area (Å²) >= 11 is 3.07. The number of ether oxygens (including phenoxy) is 1. The molecule has 1 rings (SSSR count). The maximum atomic E-state index is 13.0. The molecular weight excluding hydrogens is 415 g/mol. The Morgan fingerprint density at radius 2 is 1.58 bits per heavy atom. The van der Waals surface area contributed by atoms with E-state index in [4.69, 9.17) is 5.26 Å². The molecule has 11 heteroatoms. The van der Waals surface area contributed by atoms with Gasteiger partial charge in [-0.3, -0.25) is 0 Å². The Labute approximate surface area is 138 Å². The van der Waals surface area contributed by atoms with Gasteiger partial charge in [-0.25, -0.2) is 4.79 Å². The summed E-state index contributed by atoms with van der Waals surface area (Å²) in [6, 6.07) is 6.85. The SMILES string of the molecule is N#C/C(=C\OC(=O)C(F)(F)C(F)(F)C(F)(F)F)c1ccc(Br)cc1. The van der Waals surface area contributed by atoms with Crippen LogP contribution >= 0.6 is 15.9 Å². The summed E-state index contributed by atoms with van der Waals surface area (Å²) in [6.07, 6.45) is -6.59. The molecule has 0 atom stereocenters. The molecule has 0 aromatic heterocycles. The van der Waals surface area contributed by atoms with Crippen molar-refractivity contribution in [1.82, 2.24) is 0 Å². The second-order valence-corrected chi connectivity index (χ2v) is 5.12. The van der Waals surface area contributed by atoms with Crippen molar-refractivity contribution < 1.29 is 40.3 Å². The molecule has 0 N–H and O–H groups in total. The van der Waals surface area contributed by atoms with Crippen LogP contribution in [0.5, 0.6) is 0 Å². The normalized spacial score (nSPS) is 13.4. The quantitative estimate of drug-likeness (QED) is 0.308. The van der Waals surface area contributed by atoms with E-state index in [1.54, 1.807) is 0 Å². The van der Waals surface area contributed by atoms with Crippen LogP contribution in [0.25, 0.3) is 5.57 Å². The van der Waals surface area contributed by atoms with Gasteiger partial charge in [-0.05, 0) is 17.7 Å². The summed E-state index contributed by atoms with van der Waals surface area (Å²) in [7, 11) is 0. The summed E-state index contributed by atoms with van der Waals surface area (Å²) < 4.78 is 91.5. The van der Waals surface area contributed by atoms with Crippen molar-refractivity contribution in [2.75, 3.05) is 0 Å². The van der Waals surface area contributed by atoms with Gasteiger partial charge in [0, 0.05) is 4.47 Å². The van der Waals surface area contributed by atoms with E-state index < -0.39 is 29.6 Å². The number of nitriles is 1. The second-order valence-electron chi connectivity index (χ2n) is 4.20. The van der Waals surface area contributed by atoms with Crippen molar-refractivity contribution in [2.45, 2.75) is 18.0 Å². The fraction of sp³-hybridized carbons (Fsp3) is 0.231. The van der Waals surface area contributed by atoms with Gasteiger partial charge in [-0.1, -0.05) is 28.1 Å². The van der Waals surface area contributed by atoms with Crippen molar-refractivity contribution in [2.24, 2.45) is 0 Å². The standard InChI is InChI=1S/C13H5BrF7NO2/c14-9-3-1-7(2-4-9)8(5-22)6-24-10(23)11(15,16)12(17,18)13(19,20)21/h1-4,6H/b8-6+. The topological polar surface area (TPSA) is 50.1 Å². The first-order valence-electron chi connectivity index (χ1n) is 5.74. The van der Waals surface area contributed by atoms with Crippen LogP contribution in [0.3, 0.4) is 0 Å². The maximum absolute atomic E-state index is 13.0. The van der Waals surface area contributed by atoms with E-state index in [1.165, 1.54) is 30.3 Å². The molecule has 0 spiro atoms. The predicted octanol–water partition coefficient (Wildman–Crippen LogP) is 4.69. The van der Waals surface area contributed by atoms with E-state index in [2.05, 4.69) is 20.7 Å². The van der Waals surface area contributed by atoms with Gasteiger partial charge in [0.1, 0.15) is 12.3 Å². The molecule has 0 radical (unpaired) electrons. The highest BCUT2D eigenvalue weighted by atomic mass is 79.9. The lowest BCUT2D eigenvalue weighted by Gasteiger charge is -2.25. The molecule has 24 heavy (non-hydrogen) atoms. The van der Waals surface area contributed by atoms with Crippen LogP contribution < -0.4 is 0 Å². The molecule has 0 saturated carbocycles. The molecule has 0 aliphatic rings. The smallest absolute Gasteiger partial charge is 0.428 e.